The molecular formula is C15H23N3O2. The normalized spacial score (nSPS) is 34.0. The third kappa shape index (κ3) is 1.94. The van der Waals surface area contributed by atoms with Gasteiger partial charge in [-0.3, -0.25) is 14.5 Å². The van der Waals surface area contributed by atoms with Crippen LogP contribution in [0.2, 0.25) is 0 Å². The van der Waals surface area contributed by atoms with Crippen LogP contribution in [0.5, 0.6) is 0 Å². The van der Waals surface area contributed by atoms with E-state index in [4.69, 9.17) is 0 Å². The average molecular weight is 277 g/mol. The Kier molecular flexibility index (Phi) is 2.81. The topological polar surface area (TPSA) is 52.7 Å². The SMILES string of the molecule is O=C1CN(C2CCN(C3CC3)C2)C(=O)C2(CCCC2)N1. The van der Waals surface area contributed by atoms with Gasteiger partial charge in [0.15, 0.2) is 0 Å². The monoisotopic (exact) mass is 277 g/mol. The number of piperazine rings is 1. The Hall–Kier alpha value is -1.10. The fourth-order valence-corrected chi connectivity index (χ4v) is 4.27. The molecule has 1 spiro atoms. The molecule has 1 unspecified atom stereocenters. The van der Waals surface area contributed by atoms with Crippen LogP contribution in [0, 0.1) is 0 Å². The van der Waals surface area contributed by atoms with Crippen molar-refractivity contribution in [2.45, 2.75) is 62.6 Å². The minimum absolute atomic E-state index is 0.0383. The van der Waals surface area contributed by atoms with E-state index in [-0.39, 0.29) is 24.4 Å². The number of hydrogen-bond donors (Lipinski definition) is 1. The second-order valence-corrected chi connectivity index (χ2v) is 6.94. The average Bonchev–Trinajstić information content (AvgIpc) is 2.99. The van der Waals surface area contributed by atoms with Crippen molar-refractivity contribution in [2.24, 2.45) is 0 Å². The first-order valence-electron chi connectivity index (χ1n) is 8.04. The number of hydrogen-bond acceptors (Lipinski definition) is 3. The van der Waals surface area contributed by atoms with Gasteiger partial charge >= 0.3 is 0 Å². The van der Waals surface area contributed by atoms with Crippen molar-refractivity contribution >= 4 is 11.8 Å². The fraction of sp³-hybridized carbons (Fsp3) is 0.867. The maximum atomic E-state index is 12.9. The van der Waals surface area contributed by atoms with Gasteiger partial charge in [0.05, 0.1) is 6.54 Å². The van der Waals surface area contributed by atoms with Crippen LogP contribution in [0.15, 0.2) is 0 Å². The minimum atomic E-state index is -0.553. The molecule has 0 radical (unpaired) electrons. The number of likely N-dealkylation sites (tertiary alicyclic amines) is 1. The van der Waals surface area contributed by atoms with Crippen molar-refractivity contribution in [1.82, 2.24) is 15.1 Å². The van der Waals surface area contributed by atoms with Gasteiger partial charge in [0.2, 0.25) is 11.8 Å². The van der Waals surface area contributed by atoms with Gasteiger partial charge in [-0.2, -0.15) is 0 Å². The van der Waals surface area contributed by atoms with Crippen LogP contribution in [0.3, 0.4) is 0 Å². The zero-order valence-electron chi connectivity index (χ0n) is 11.9. The quantitative estimate of drug-likeness (QED) is 0.799. The summed E-state index contributed by atoms with van der Waals surface area (Å²) >= 11 is 0. The Labute approximate surface area is 119 Å². The predicted molar refractivity (Wildman–Crippen MR) is 74.1 cm³/mol. The summed E-state index contributed by atoms with van der Waals surface area (Å²) in [6.45, 7) is 2.33. The predicted octanol–water partition coefficient (Wildman–Crippen LogP) is 0.494. The van der Waals surface area contributed by atoms with Gasteiger partial charge < -0.3 is 10.2 Å². The summed E-state index contributed by atoms with van der Waals surface area (Å²) in [5.74, 6) is 0.230. The first kappa shape index (κ1) is 12.6. The van der Waals surface area contributed by atoms with Crippen LogP contribution in [0.1, 0.15) is 44.9 Å². The fourth-order valence-electron chi connectivity index (χ4n) is 4.27. The van der Waals surface area contributed by atoms with E-state index in [0.717, 1.165) is 51.2 Å². The number of rotatable bonds is 2. The van der Waals surface area contributed by atoms with E-state index < -0.39 is 5.54 Å². The number of amides is 2. The summed E-state index contributed by atoms with van der Waals surface area (Å²) < 4.78 is 0. The Morgan fingerprint density at radius 2 is 1.80 bits per heavy atom. The maximum absolute atomic E-state index is 12.9. The van der Waals surface area contributed by atoms with E-state index in [1.165, 1.54) is 12.8 Å². The first-order chi connectivity index (χ1) is 9.68. The second kappa shape index (κ2) is 4.45. The van der Waals surface area contributed by atoms with Crippen molar-refractivity contribution in [3.8, 4) is 0 Å². The summed E-state index contributed by atoms with van der Waals surface area (Å²) in [5, 5.41) is 3.00. The van der Waals surface area contributed by atoms with E-state index in [0.29, 0.717) is 0 Å². The lowest BCUT2D eigenvalue weighted by atomic mass is 9.92. The lowest BCUT2D eigenvalue weighted by Gasteiger charge is -2.42. The van der Waals surface area contributed by atoms with Crippen molar-refractivity contribution in [2.75, 3.05) is 19.6 Å². The Bertz CT molecular complexity index is 440. The summed E-state index contributed by atoms with van der Waals surface area (Å²) in [6.07, 6.45) is 7.42. The molecule has 2 saturated heterocycles. The summed E-state index contributed by atoms with van der Waals surface area (Å²) in [4.78, 5) is 29.3. The molecule has 5 nitrogen and oxygen atoms in total. The maximum Gasteiger partial charge on any atom is 0.249 e. The Morgan fingerprint density at radius 1 is 1.05 bits per heavy atom. The summed E-state index contributed by atoms with van der Waals surface area (Å²) in [6, 6.07) is 1.01. The third-order valence-corrected chi connectivity index (χ3v) is 5.52. The van der Waals surface area contributed by atoms with E-state index in [9.17, 15) is 9.59 Å². The molecule has 110 valence electrons. The lowest BCUT2D eigenvalue weighted by Crippen LogP contribution is -2.67. The summed E-state index contributed by atoms with van der Waals surface area (Å²) in [5.41, 5.74) is -0.553. The van der Waals surface area contributed by atoms with E-state index in [1.54, 1.807) is 0 Å². The van der Waals surface area contributed by atoms with Gasteiger partial charge in [-0.05, 0) is 32.1 Å². The van der Waals surface area contributed by atoms with Crippen molar-refractivity contribution in [3.05, 3.63) is 0 Å². The van der Waals surface area contributed by atoms with Crippen LogP contribution < -0.4 is 5.32 Å². The molecule has 2 aliphatic heterocycles. The van der Waals surface area contributed by atoms with Crippen molar-refractivity contribution in [1.29, 1.82) is 0 Å². The minimum Gasteiger partial charge on any atom is -0.340 e. The van der Waals surface area contributed by atoms with Gasteiger partial charge in [0.25, 0.3) is 0 Å². The van der Waals surface area contributed by atoms with E-state index >= 15 is 0 Å². The number of nitrogens with one attached hydrogen (secondary N) is 1. The van der Waals surface area contributed by atoms with Gasteiger partial charge in [0.1, 0.15) is 5.54 Å². The van der Waals surface area contributed by atoms with Crippen LogP contribution in [0.25, 0.3) is 0 Å². The molecular weight excluding hydrogens is 254 g/mol. The standard InChI is InChI=1S/C15H23N3O2/c19-13-10-18(12-5-8-17(9-12)11-3-4-11)14(20)15(16-13)6-1-2-7-15/h11-12H,1-10H2,(H,16,19). The molecule has 2 heterocycles. The molecule has 5 heteroatoms. The highest BCUT2D eigenvalue weighted by atomic mass is 16.2. The molecule has 20 heavy (non-hydrogen) atoms. The largest absolute Gasteiger partial charge is 0.340 e. The van der Waals surface area contributed by atoms with E-state index in [1.807, 2.05) is 4.90 Å². The molecule has 1 N–H and O–H groups in total. The molecule has 4 aliphatic rings. The molecule has 4 fully saturated rings. The number of nitrogens with zero attached hydrogens (tertiary/aromatic N) is 2. The molecule has 2 saturated carbocycles. The number of carbonyl (C=O) groups excluding carboxylic acids is 2. The van der Waals surface area contributed by atoms with Crippen LogP contribution in [0.4, 0.5) is 0 Å². The van der Waals surface area contributed by atoms with Crippen LogP contribution in [-0.4, -0.2) is 58.9 Å². The van der Waals surface area contributed by atoms with Crippen molar-refractivity contribution in [3.63, 3.8) is 0 Å². The van der Waals surface area contributed by atoms with Gasteiger partial charge in [0, 0.05) is 25.2 Å². The molecule has 2 amide bonds. The van der Waals surface area contributed by atoms with Gasteiger partial charge in [-0.1, -0.05) is 12.8 Å². The van der Waals surface area contributed by atoms with E-state index in [2.05, 4.69) is 10.2 Å². The highest BCUT2D eigenvalue weighted by Gasteiger charge is 2.50. The Balaban J connectivity index is 1.51. The zero-order chi connectivity index (χ0) is 13.7. The highest BCUT2D eigenvalue weighted by Crippen LogP contribution is 2.36. The smallest absolute Gasteiger partial charge is 0.249 e. The van der Waals surface area contributed by atoms with Crippen LogP contribution in [-0.2, 0) is 9.59 Å². The van der Waals surface area contributed by atoms with Crippen LogP contribution >= 0.6 is 0 Å². The molecule has 0 bridgehead atoms. The molecule has 1 atom stereocenters. The molecule has 0 aromatic carbocycles. The molecule has 0 aromatic rings. The molecule has 4 rings (SSSR count). The highest BCUT2D eigenvalue weighted by molar-refractivity contribution is 5.98. The first-order valence-corrected chi connectivity index (χ1v) is 8.04. The summed E-state index contributed by atoms with van der Waals surface area (Å²) in [7, 11) is 0. The molecule has 0 aromatic heterocycles. The zero-order valence-corrected chi connectivity index (χ0v) is 11.9. The molecule has 2 aliphatic carbocycles. The van der Waals surface area contributed by atoms with Gasteiger partial charge in [-0.15, -0.1) is 0 Å². The van der Waals surface area contributed by atoms with Gasteiger partial charge in [-0.25, -0.2) is 0 Å². The number of carbonyl (C=O) groups is 2. The Morgan fingerprint density at radius 3 is 2.50 bits per heavy atom. The van der Waals surface area contributed by atoms with Crippen molar-refractivity contribution < 1.29 is 9.59 Å². The lowest BCUT2D eigenvalue weighted by molar-refractivity contribution is -0.152. The third-order valence-electron chi connectivity index (χ3n) is 5.52. The second-order valence-electron chi connectivity index (χ2n) is 6.94.